The number of benzene rings is 2. The number of hydrogen-bond donors (Lipinski definition) is 1. The predicted molar refractivity (Wildman–Crippen MR) is 217 cm³/mol. The van der Waals surface area contributed by atoms with E-state index in [0.717, 1.165) is 56.2 Å². The topological polar surface area (TPSA) is 134 Å². The molecule has 1 N–H and O–H groups in total. The Hall–Kier alpha value is -4.06. The highest BCUT2D eigenvalue weighted by Crippen LogP contribution is 2.38. The second kappa shape index (κ2) is 19.1. The molecule has 6 atom stereocenters. The van der Waals surface area contributed by atoms with Crippen LogP contribution in [0.25, 0.3) is 0 Å². The van der Waals surface area contributed by atoms with Crippen LogP contribution in [0.3, 0.4) is 0 Å². The van der Waals surface area contributed by atoms with Crippen LogP contribution >= 0.6 is 0 Å². The molecular weight excluding hydrogens is 763 g/mol. The lowest BCUT2D eigenvalue weighted by Crippen LogP contribution is -2.49. The number of rotatable bonds is 15. The molecule has 4 fully saturated rings. The van der Waals surface area contributed by atoms with Gasteiger partial charge in [-0.2, -0.15) is 10.2 Å². The summed E-state index contributed by atoms with van der Waals surface area (Å²) in [5.74, 6) is 0.887. The van der Waals surface area contributed by atoms with Crippen molar-refractivity contribution in [2.24, 2.45) is 14.1 Å². The van der Waals surface area contributed by atoms with Crippen LogP contribution in [0, 0.1) is 25.5 Å². The van der Waals surface area contributed by atoms with E-state index in [0.29, 0.717) is 62.1 Å². The van der Waals surface area contributed by atoms with Gasteiger partial charge in [-0.25, -0.2) is 27.7 Å². The molecule has 0 saturated carbocycles. The Balaban J connectivity index is 0.000000179. The zero-order valence-corrected chi connectivity index (χ0v) is 35.0. The lowest BCUT2D eigenvalue weighted by Gasteiger charge is -2.40. The van der Waals surface area contributed by atoms with Crippen LogP contribution in [0.4, 0.5) is 8.78 Å². The molecule has 322 valence electrons. The van der Waals surface area contributed by atoms with E-state index < -0.39 is 6.10 Å². The van der Waals surface area contributed by atoms with Crippen LogP contribution in [-0.4, -0.2) is 112 Å². The molecule has 4 aliphatic heterocycles. The number of hydrogen-bond acceptors (Lipinski definition) is 10. The van der Waals surface area contributed by atoms with Crippen molar-refractivity contribution in [2.45, 2.75) is 140 Å². The third-order valence-corrected chi connectivity index (χ3v) is 12.9. The number of aliphatic hydroxyl groups is 1. The fourth-order valence-electron chi connectivity index (χ4n) is 9.47. The van der Waals surface area contributed by atoms with Gasteiger partial charge in [-0.3, -0.25) is 18.9 Å². The number of aromatic nitrogens is 6. The molecule has 0 amide bonds. The summed E-state index contributed by atoms with van der Waals surface area (Å²) in [6.07, 6.45) is 8.11. The molecule has 16 heteroatoms. The van der Waals surface area contributed by atoms with Gasteiger partial charge in [0.25, 0.3) is 0 Å². The summed E-state index contributed by atoms with van der Waals surface area (Å²) in [5.41, 5.74) is 1.68. The van der Waals surface area contributed by atoms with Gasteiger partial charge in [0.2, 0.25) is 0 Å². The minimum absolute atomic E-state index is 0.0863. The fourth-order valence-corrected chi connectivity index (χ4v) is 9.47. The summed E-state index contributed by atoms with van der Waals surface area (Å²) in [4.78, 5) is 29.3. The molecule has 4 aromatic rings. The van der Waals surface area contributed by atoms with Crippen LogP contribution in [0.5, 0.6) is 0 Å². The van der Waals surface area contributed by atoms with E-state index in [1.54, 1.807) is 57.0 Å². The molecular formula is C43H60F2N8O6. The monoisotopic (exact) mass is 822 g/mol. The van der Waals surface area contributed by atoms with Crippen molar-refractivity contribution in [3.05, 3.63) is 104 Å². The number of nitrogens with zero attached hydrogens (tertiary/aromatic N) is 8. The van der Waals surface area contributed by atoms with Crippen LogP contribution in [0.1, 0.15) is 74.1 Å². The fraction of sp³-hybridized carbons (Fsp3) is 0.628. The minimum Gasteiger partial charge on any atom is -0.390 e. The number of aryl methyl sites for hydroxylation is 2. The summed E-state index contributed by atoms with van der Waals surface area (Å²) in [5, 5.41) is 19.1. The molecule has 2 aromatic carbocycles. The standard InChI is InChI=1S/C22H31FN4O3.C21H29FN4O3/c1-15-24-27(22(28)25(15)2)13-21(29-3)12-26-18-8-9-19(26)11-20(10-18)30-14-16-4-6-17(23)7-5-16;1-14-23-26(21(28)24(14)2)12-19(27)11-25-17-7-8-18(25)10-20(9-17)29-13-15-3-5-16(22)6-4-15/h4-7,18-21H,8-14H2,1-3H3;3-6,17-20,27H,7-13H2,1-2H3/t18?,19?,20?,21-;17?,18?,19-,20?/m00/s1. The maximum absolute atomic E-state index is 13.1. The van der Waals surface area contributed by atoms with Crippen molar-refractivity contribution >= 4 is 0 Å². The summed E-state index contributed by atoms with van der Waals surface area (Å²) in [6, 6.07) is 14.7. The van der Waals surface area contributed by atoms with Crippen molar-refractivity contribution < 1.29 is 28.1 Å². The number of fused-ring (bicyclic) bond motifs is 4. The van der Waals surface area contributed by atoms with Gasteiger partial charge in [0.05, 0.1) is 50.7 Å². The number of methoxy groups -OCH3 is 1. The van der Waals surface area contributed by atoms with Gasteiger partial charge in [-0.05, 0) is 101 Å². The summed E-state index contributed by atoms with van der Waals surface area (Å²) < 4.78 is 50.0. The molecule has 4 aliphatic rings. The molecule has 0 spiro atoms. The Bertz CT molecular complexity index is 2070. The zero-order chi connectivity index (χ0) is 41.8. The molecule has 14 nitrogen and oxygen atoms in total. The Labute approximate surface area is 344 Å². The van der Waals surface area contributed by atoms with E-state index in [1.165, 1.54) is 51.0 Å². The number of ether oxygens (including phenoxy) is 3. The Morgan fingerprint density at radius 1 is 0.644 bits per heavy atom. The maximum atomic E-state index is 13.1. The lowest BCUT2D eigenvalue weighted by atomic mass is 9.99. The van der Waals surface area contributed by atoms with Crippen LogP contribution in [-0.2, 0) is 54.6 Å². The highest BCUT2D eigenvalue weighted by molar-refractivity contribution is 5.16. The quantitative estimate of drug-likeness (QED) is 0.189. The number of piperidine rings is 2. The molecule has 4 unspecified atom stereocenters. The maximum Gasteiger partial charge on any atom is 0.345 e. The highest BCUT2D eigenvalue weighted by atomic mass is 19.1. The van der Waals surface area contributed by atoms with Crippen molar-refractivity contribution in [1.82, 2.24) is 38.5 Å². The molecule has 59 heavy (non-hydrogen) atoms. The third kappa shape index (κ3) is 10.5. The van der Waals surface area contributed by atoms with E-state index >= 15 is 0 Å². The smallest absolute Gasteiger partial charge is 0.345 e. The molecule has 6 heterocycles. The van der Waals surface area contributed by atoms with Gasteiger partial charge in [0, 0.05) is 58.5 Å². The largest absolute Gasteiger partial charge is 0.390 e. The Kier molecular flexibility index (Phi) is 13.9. The normalized spacial score (nSPS) is 25.2. The van der Waals surface area contributed by atoms with Crippen molar-refractivity contribution in [2.75, 3.05) is 20.2 Å². The minimum atomic E-state index is -0.637. The van der Waals surface area contributed by atoms with E-state index in [9.17, 15) is 23.5 Å². The lowest BCUT2D eigenvalue weighted by molar-refractivity contribution is -0.0454. The van der Waals surface area contributed by atoms with Gasteiger partial charge >= 0.3 is 11.4 Å². The second-order valence-corrected chi connectivity index (χ2v) is 16.9. The van der Waals surface area contributed by atoms with Gasteiger partial charge in [-0.15, -0.1) is 0 Å². The van der Waals surface area contributed by atoms with Crippen LogP contribution in [0.15, 0.2) is 58.1 Å². The molecule has 8 rings (SSSR count). The van der Waals surface area contributed by atoms with E-state index in [2.05, 4.69) is 20.0 Å². The average molecular weight is 823 g/mol. The SMILES string of the molecule is CO[C@@H](CN1C2CCC1CC(OCc1ccc(F)cc1)C2)Cn1nc(C)n(C)c1=O.Cc1nn(C[C@@H](O)CN2C3CCC2CC(OCc2ccc(F)cc2)C3)c(=O)n1C. The van der Waals surface area contributed by atoms with Gasteiger partial charge in [0.1, 0.15) is 23.3 Å². The Morgan fingerprint density at radius 2 is 1.03 bits per heavy atom. The van der Waals surface area contributed by atoms with Crippen LogP contribution < -0.4 is 11.4 Å². The summed E-state index contributed by atoms with van der Waals surface area (Å²) in [6.45, 7) is 6.62. The first-order valence-electron chi connectivity index (χ1n) is 21.0. The Morgan fingerprint density at radius 3 is 1.41 bits per heavy atom. The molecule has 4 bridgehead atoms. The molecule has 2 aromatic heterocycles. The average Bonchev–Trinajstić information content (AvgIpc) is 3.79. The molecule has 0 radical (unpaired) electrons. The van der Waals surface area contributed by atoms with E-state index in [4.69, 9.17) is 14.2 Å². The van der Waals surface area contributed by atoms with Gasteiger partial charge in [-0.1, -0.05) is 24.3 Å². The second-order valence-electron chi connectivity index (χ2n) is 16.9. The van der Waals surface area contributed by atoms with Gasteiger partial charge in [0.15, 0.2) is 0 Å². The highest BCUT2D eigenvalue weighted by Gasteiger charge is 2.43. The molecule has 4 saturated heterocycles. The summed E-state index contributed by atoms with van der Waals surface area (Å²) >= 11 is 0. The third-order valence-electron chi connectivity index (χ3n) is 12.9. The van der Waals surface area contributed by atoms with E-state index in [-0.39, 0.29) is 47.9 Å². The first kappa shape index (κ1) is 43.0. The zero-order valence-electron chi connectivity index (χ0n) is 35.0. The van der Waals surface area contributed by atoms with Crippen LogP contribution in [0.2, 0.25) is 0 Å². The summed E-state index contributed by atoms with van der Waals surface area (Å²) in [7, 11) is 5.12. The van der Waals surface area contributed by atoms with E-state index in [1.807, 2.05) is 6.92 Å². The number of halogens is 2. The molecule has 0 aliphatic carbocycles. The number of aliphatic hydroxyl groups excluding tert-OH is 1. The first-order chi connectivity index (χ1) is 28.3. The van der Waals surface area contributed by atoms with Crippen molar-refractivity contribution in [3.63, 3.8) is 0 Å². The predicted octanol–water partition coefficient (Wildman–Crippen LogP) is 3.86. The first-order valence-corrected chi connectivity index (χ1v) is 21.0. The van der Waals surface area contributed by atoms with Crippen molar-refractivity contribution in [1.29, 1.82) is 0 Å². The van der Waals surface area contributed by atoms with Gasteiger partial charge < -0.3 is 19.3 Å². The van der Waals surface area contributed by atoms with Crippen molar-refractivity contribution in [3.8, 4) is 0 Å².